The largest absolute Gasteiger partial charge is 0.541 e. The Labute approximate surface area is 169 Å². The van der Waals surface area contributed by atoms with Gasteiger partial charge in [0, 0.05) is 5.56 Å². The highest BCUT2D eigenvalue weighted by molar-refractivity contribution is 6.74. The first kappa shape index (κ1) is 21.6. The zero-order valence-corrected chi connectivity index (χ0v) is 18.7. The van der Waals surface area contributed by atoms with Gasteiger partial charge in [-0.3, -0.25) is 4.79 Å². The highest BCUT2D eigenvalue weighted by Gasteiger charge is 2.39. The number of ketones is 1. The van der Waals surface area contributed by atoms with E-state index in [2.05, 4.69) is 45.7 Å². The number of hydrogen-bond donors (Lipinski definition) is 0. The topological polar surface area (TPSA) is 44.8 Å². The minimum absolute atomic E-state index is 0.0810. The lowest BCUT2D eigenvalue weighted by atomic mass is 10.1. The normalized spacial score (nSPS) is 11.2. The van der Waals surface area contributed by atoms with E-state index in [1.165, 1.54) is 7.11 Å². The fraction of sp³-hybridized carbons (Fsp3) is 0.348. The quantitative estimate of drug-likeness (QED) is 0.390. The maximum absolute atomic E-state index is 12.4. The van der Waals surface area contributed by atoms with Crippen LogP contribution in [0.5, 0.6) is 17.2 Å². The van der Waals surface area contributed by atoms with Crippen molar-refractivity contribution in [3.63, 3.8) is 0 Å². The molecule has 0 amide bonds. The summed E-state index contributed by atoms with van der Waals surface area (Å²) in [6.07, 6.45) is 0. The number of para-hydroxylation sites is 1. The van der Waals surface area contributed by atoms with Gasteiger partial charge in [-0.25, -0.2) is 0 Å². The summed E-state index contributed by atoms with van der Waals surface area (Å²) in [6, 6.07) is 12.5. The average molecular weight is 397 g/mol. The lowest BCUT2D eigenvalue weighted by Crippen LogP contribution is -2.43. The third kappa shape index (κ3) is 4.96. The van der Waals surface area contributed by atoms with Crippen LogP contribution < -0.4 is 13.9 Å². The van der Waals surface area contributed by atoms with Crippen LogP contribution in [0.2, 0.25) is 18.1 Å². The van der Waals surface area contributed by atoms with Gasteiger partial charge in [0.05, 0.1) is 19.8 Å². The highest BCUT2D eigenvalue weighted by Crippen LogP contribution is 2.40. The highest BCUT2D eigenvalue weighted by atomic mass is 28.4. The smallest absolute Gasteiger partial charge is 0.250 e. The molecule has 148 valence electrons. The molecule has 28 heavy (non-hydrogen) atoms. The Kier molecular flexibility index (Phi) is 6.58. The number of carbonyl (C=O) groups is 1. The number of benzene rings is 2. The predicted octanol–water partition coefficient (Wildman–Crippen LogP) is 5.32. The average Bonchev–Trinajstić information content (AvgIpc) is 2.65. The number of ether oxygens (including phenoxy) is 2. The lowest BCUT2D eigenvalue weighted by Gasteiger charge is -2.36. The van der Waals surface area contributed by atoms with Crippen molar-refractivity contribution in [3.8, 4) is 29.1 Å². The lowest BCUT2D eigenvalue weighted by molar-refractivity contribution is 0.105. The molecule has 0 spiro atoms. The molecule has 0 bridgehead atoms. The van der Waals surface area contributed by atoms with Crippen LogP contribution in [0, 0.1) is 11.8 Å². The molecule has 0 aliphatic carbocycles. The summed E-state index contributed by atoms with van der Waals surface area (Å²) in [5, 5.41) is 0.0810. The van der Waals surface area contributed by atoms with E-state index in [-0.39, 0.29) is 10.8 Å². The fourth-order valence-corrected chi connectivity index (χ4v) is 3.31. The summed E-state index contributed by atoms with van der Waals surface area (Å²) in [4.78, 5) is 12.4. The Hall–Kier alpha value is -2.71. The molecule has 0 atom stereocenters. The van der Waals surface area contributed by atoms with Gasteiger partial charge in [0.25, 0.3) is 8.32 Å². The molecule has 0 radical (unpaired) electrons. The van der Waals surface area contributed by atoms with Crippen molar-refractivity contribution in [3.05, 3.63) is 53.6 Å². The summed E-state index contributed by atoms with van der Waals surface area (Å²) >= 11 is 0. The van der Waals surface area contributed by atoms with Gasteiger partial charge in [-0.05, 0) is 54.4 Å². The van der Waals surface area contributed by atoms with Crippen molar-refractivity contribution in [2.75, 3.05) is 14.2 Å². The van der Waals surface area contributed by atoms with Gasteiger partial charge in [-0.1, -0.05) is 38.8 Å². The van der Waals surface area contributed by atoms with Gasteiger partial charge < -0.3 is 13.9 Å². The van der Waals surface area contributed by atoms with Crippen LogP contribution in [-0.2, 0) is 0 Å². The second kappa shape index (κ2) is 8.53. The third-order valence-electron chi connectivity index (χ3n) is 5.01. The summed E-state index contributed by atoms with van der Waals surface area (Å²) < 4.78 is 17.1. The van der Waals surface area contributed by atoms with Crippen molar-refractivity contribution in [1.82, 2.24) is 0 Å². The van der Waals surface area contributed by atoms with Crippen LogP contribution in [0.3, 0.4) is 0 Å². The minimum atomic E-state index is -1.99. The van der Waals surface area contributed by atoms with Crippen molar-refractivity contribution < 1.29 is 18.7 Å². The molecule has 2 aromatic rings. The van der Waals surface area contributed by atoms with Gasteiger partial charge >= 0.3 is 0 Å². The number of methoxy groups -OCH3 is 2. The van der Waals surface area contributed by atoms with Crippen LogP contribution in [0.15, 0.2) is 42.5 Å². The van der Waals surface area contributed by atoms with Crippen molar-refractivity contribution in [2.24, 2.45) is 0 Å². The Bertz CT molecular complexity index is 914. The van der Waals surface area contributed by atoms with E-state index in [1.54, 1.807) is 31.4 Å². The molecular weight excluding hydrogens is 368 g/mol. The van der Waals surface area contributed by atoms with E-state index in [4.69, 9.17) is 13.9 Å². The zero-order valence-electron chi connectivity index (χ0n) is 17.7. The number of carbonyl (C=O) groups excluding carboxylic acids is 1. The van der Waals surface area contributed by atoms with Crippen LogP contribution in [0.4, 0.5) is 0 Å². The Balaban J connectivity index is 2.28. The first-order valence-electron chi connectivity index (χ1n) is 9.15. The zero-order chi connectivity index (χ0) is 20.9. The van der Waals surface area contributed by atoms with E-state index < -0.39 is 8.32 Å². The van der Waals surface area contributed by atoms with Crippen LogP contribution in [-0.4, -0.2) is 28.3 Å². The number of rotatable bonds is 5. The standard InChI is InChI=1S/C23H28O4Si/c1-23(2,3)28(6,7)27-21-15-13-17(16-22(21)26-5)12-14-19(24)18-10-8-9-11-20(18)25-4/h8-11,13,15-16H,1-7H3. The molecule has 0 fully saturated rings. The summed E-state index contributed by atoms with van der Waals surface area (Å²) in [6.45, 7) is 10.9. The van der Waals surface area contributed by atoms with E-state index in [0.29, 0.717) is 28.4 Å². The second-order valence-electron chi connectivity index (χ2n) is 8.01. The predicted molar refractivity (Wildman–Crippen MR) is 115 cm³/mol. The van der Waals surface area contributed by atoms with Gasteiger partial charge in [0.2, 0.25) is 5.78 Å². The van der Waals surface area contributed by atoms with Gasteiger partial charge in [0.15, 0.2) is 5.75 Å². The molecule has 0 aliphatic heterocycles. The molecule has 0 saturated heterocycles. The Morgan fingerprint density at radius 3 is 2.18 bits per heavy atom. The summed E-state index contributed by atoms with van der Waals surface area (Å²) in [7, 11) is 1.15. The molecule has 5 heteroatoms. The van der Waals surface area contributed by atoms with Crippen molar-refractivity contribution in [2.45, 2.75) is 38.9 Å². The number of hydrogen-bond acceptors (Lipinski definition) is 4. The van der Waals surface area contributed by atoms with Crippen molar-refractivity contribution in [1.29, 1.82) is 0 Å². The number of Topliss-reactive ketones (excluding diaryl/α,β-unsaturated/α-hetero) is 1. The molecule has 4 nitrogen and oxygen atoms in total. The fourth-order valence-electron chi connectivity index (χ4n) is 2.29. The molecule has 0 heterocycles. The first-order valence-corrected chi connectivity index (χ1v) is 12.1. The Morgan fingerprint density at radius 1 is 0.929 bits per heavy atom. The van der Waals surface area contributed by atoms with E-state index >= 15 is 0 Å². The Morgan fingerprint density at radius 2 is 1.57 bits per heavy atom. The summed E-state index contributed by atoms with van der Waals surface area (Å²) in [5.74, 6) is 7.12. The van der Waals surface area contributed by atoms with Crippen LogP contribution in [0.25, 0.3) is 0 Å². The van der Waals surface area contributed by atoms with E-state index in [0.717, 1.165) is 0 Å². The van der Waals surface area contributed by atoms with Gasteiger partial charge in [0.1, 0.15) is 11.5 Å². The van der Waals surface area contributed by atoms with Crippen molar-refractivity contribution >= 4 is 14.1 Å². The van der Waals surface area contributed by atoms with Gasteiger partial charge in [-0.15, -0.1) is 0 Å². The molecule has 0 aliphatic rings. The van der Waals surface area contributed by atoms with E-state index in [9.17, 15) is 4.79 Å². The maximum Gasteiger partial charge on any atom is 0.250 e. The van der Waals surface area contributed by atoms with Crippen LogP contribution >= 0.6 is 0 Å². The molecule has 0 N–H and O–H groups in total. The molecule has 0 unspecified atom stereocenters. The SMILES string of the molecule is COc1cc(C#CC(=O)c2ccccc2OC)ccc1O[Si](C)(C)C(C)(C)C. The van der Waals surface area contributed by atoms with Gasteiger partial charge in [-0.2, -0.15) is 0 Å². The molecule has 2 aromatic carbocycles. The third-order valence-corrected chi connectivity index (χ3v) is 9.35. The minimum Gasteiger partial charge on any atom is -0.541 e. The van der Waals surface area contributed by atoms with E-state index in [1.807, 2.05) is 18.2 Å². The monoisotopic (exact) mass is 396 g/mol. The van der Waals surface area contributed by atoms with Crippen LogP contribution in [0.1, 0.15) is 36.7 Å². The summed E-state index contributed by atoms with van der Waals surface area (Å²) in [5.41, 5.74) is 1.13. The molecule has 0 aromatic heterocycles. The first-order chi connectivity index (χ1) is 13.1. The molecule has 2 rings (SSSR count). The maximum atomic E-state index is 12.4. The molecular formula is C23H28O4Si. The molecule has 0 saturated carbocycles. The second-order valence-corrected chi connectivity index (χ2v) is 12.7.